The van der Waals surface area contributed by atoms with Gasteiger partial charge >= 0.3 is 0 Å². The fraction of sp³-hybridized carbons (Fsp3) is 0.556. The Morgan fingerprint density at radius 1 is 1.00 bits per heavy atom. The van der Waals surface area contributed by atoms with Crippen molar-refractivity contribution >= 4 is 33.2 Å². The van der Waals surface area contributed by atoms with Crippen molar-refractivity contribution in [2.24, 2.45) is 0 Å². The van der Waals surface area contributed by atoms with E-state index in [1.165, 1.54) is 35.3 Å². The Bertz CT molecular complexity index is 1390. The van der Waals surface area contributed by atoms with Crippen LogP contribution >= 0.6 is 11.3 Å². The van der Waals surface area contributed by atoms with E-state index < -0.39 is 5.54 Å². The molecule has 1 aliphatic carbocycles. The Kier molecular flexibility index (Phi) is 10.3. The van der Waals surface area contributed by atoms with Gasteiger partial charge in [0.1, 0.15) is 5.54 Å². The van der Waals surface area contributed by atoms with Gasteiger partial charge in [0.2, 0.25) is 5.91 Å². The highest BCUT2D eigenvalue weighted by atomic mass is 32.1. The summed E-state index contributed by atoms with van der Waals surface area (Å²) < 4.78 is 6.65. The number of benzene rings is 2. The summed E-state index contributed by atoms with van der Waals surface area (Å²) in [5.74, 6) is -0.159. The number of nitrogens with one attached hydrogen (secondary N) is 2. The Balaban J connectivity index is 1.07. The van der Waals surface area contributed by atoms with Gasteiger partial charge in [-0.1, -0.05) is 55.3 Å². The summed E-state index contributed by atoms with van der Waals surface area (Å²) in [6.07, 6.45) is 8.48. The highest BCUT2D eigenvalue weighted by Gasteiger charge is 2.43. The van der Waals surface area contributed by atoms with Gasteiger partial charge in [-0.15, -0.1) is 11.3 Å². The molecular formula is C36H48N4O3S. The molecule has 1 saturated carbocycles. The summed E-state index contributed by atoms with van der Waals surface area (Å²) in [6, 6.07) is 19.4. The zero-order chi connectivity index (χ0) is 30.4. The molecule has 3 heterocycles. The van der Waals surface area contributed by atoms with Gasteiger partial charge in [-0.2, -0.15) is 0 Å². The predicted molar refractivity (Wildman–Crippen MR) is 178 cm³/mol. The van der Waals surface area contributed by atoms with Crippen LogP contribution in [0.3, 0.4) is 0 Å². The maximum Gasteiger partial charge on any atom is 0.262 e. The largest absolute Gasteiger partial charge is 0.379 e. The molecule has 2 N–H and O–H groups in total. The van der Waals surface area contributed by atoms with Gasteiger partial charge in [0.25, 0.3) is 5.91 Å². The monoisotopic (exact) mass is 616 g/mol. The van der Waals surface area contributed by atoms with Crippen molar-refractivity contribution in [3.63, 3.8) is 0 Å². The fourth-order valence-corrected chi connectivity index (χ4v) is 8.43. The van der Waals surface area contributed by atoms with Crippen molar-refractivity contribution < 1.29 is 14.3 Å². The summed E-state index contributed by atoms with van der Waals surface area (Å²) in [4.78, 5) is 33.5. The fourth-order valence-electron chi connectivity index (χ4n) is 7.38. The van der Waals surface area contributed by atoms with Crippen LogP contribution in [-0.2, 0) is 16.0 Å². The van der Waals surface area contributed by atoms with Crippen molar-refractivity contribution in [2.45, 2.75) is 82.3 Å². The number of thiophene rings is 1. The third-order valence-corrected chi connectivity index (χ3v) is 11.0. The molecule has 2 saturated heterocycles. The minimum absolute atomic E-state index is 0.0208. The quantitative estimate of drug-likeness (QED) is 0.295. The number of hydrogen-bond donors (Lipinski definition) is 2. The van der Waals surface area contributed by atoms with Crippen molar-refractivity contribution in [3.05, 3.63) is 70.6 Å². The van der Waals surface area contributed by atoms with Gasteiger partial charge in [0.05, 0.1) is 18.1 Å². The third kappa shape index (κ3) is 7.71. The minimum Gasteiger partial charge on any atom is -0.379 e. The molecule has 2 amide bonds. The van der Waals surface area contributed by atoms with Crippen LogP contribution in [-0.4, -0.2) is 85.2 Å². The van der Waals surface area contributed by atoms with Crippen LogP contribution in [0.5, 0.6) is 0 Å². The van der Waals surface area contributed by atoms with Crippen molar-refractivity contribution in [3.8, 4) is 0 Å². The highest BCUT2D eigenvalue weighted by Crippen LogP contribution is 2.33. The van der Waals surface area contributed by atoms with Crippen LogP contribution in [0.1, 0.15) is 72.2 Å². The van der Waals surface area contributed by atoms with Gasteiger partial charge in [-0.05, 0) is 100 Å². The van der Waals surface area contributed by atoms with Gasteiger partial charge in [-0.25, -0.2) is 0 Å². The zero-order valence-electron chi connectivity index (χ0n) is 26.2. The molecule has 3 fully saturated rings. The highest BCUT2D eigenvalue weighted by molar-refractivity contribution is 7.20. The van der Waals surface area contributed by atoms with Crippen LogP contribution in [0.4, 0.5) is 0 Å². The number of fused-ring (bicyclic) bond motifs is 1. The van der Waals surface area contributed by atoms with Crippen molar-refractivity contribution in [2.75, 3.05) is 45.9 Å². The van der Waals surface area contributed by atoms with Gasteiger partial charge in [0.15, 0.2) is 0 Å². The minimum atomic E-state index is -0.848. The smallest absolute Gasteiger partial charge is 0.262 e. The van der Waals surface area contributed by atoms with E-state index in [1.54, 1.807) is 0 Å². The first-order valence-electron chi connectivity index (χ1n) is 16.7. The summed E-state index contributed by atoms with van der Waals surface area (Å²) in [5.41, 5.74) is 1.56. The summed E-state index contributed by atoms with van der Waals surface area (Å²) >= 11 is 1.51. The lowest BCUT2D eigenvalue weighted by molar-refractivity contribution is -0.128. The van der Waals surface area contributed by atoms with E-state index in [1.807, 2.05) is 12.1 Å². The van der Waals surface area contributed by atoms with E-state index in [2.05, 4.69) is 69.8 Å². The van der Waals surface area contributed by atoms with Crippen LogP contribution in [0.25, 0.3) is 10.1 Å². The Morgan fingerprint density at radius 2 is 1.75 bits per heavy atom. The summed E-state index contributed by atoms with van der Waals surface area (Å²) in [7, 11) is 0. The molecule has 0 spiro atoms. The number of rotatable bonds is 11. The number of likely N-dealkylation sites (tertiary alicyclic amines) is 1. The van der Waals surface area contributed by atoms with Crippen LogP contribution in [0.2, 0.25) is 0 Å². The van der Waals surface area contributed by atoms with E-state index in [-0.39, 0.29) is 17.9 Å². The van der Waals surface area contributed by atoms with Crippen LogP contribution < -0.4 is 10.6 Å². The number of piperidine rings is 1. The number of ether oxygens (including phenoxy) is 1. The second-order valence-corrected chi connectivity index (χ2v) is 14.2. The topological polar surface area (TPSA) is 73.9 Å². The molecule has 2 aliphatic heterocycles. The SMILES string of the molecule is Cc1ccc2cc(C(=O)NC3(C(=O)N[C@@H](CCCN4CCC(N5CCOCC5)CC4)Cc4ccccc4)CCCC3)sc2c1. The van der Waals surface area contributed by atoms with Crippen molar-refractivity contribution in [1.29, 1.82) is 0 Å². The molecule has 1 atom stereocenters. The van der Waals surface area contributed by atoms with Crippen LogP contribution in [0.15, 0.2) is 54.6 Å². The van der Waals surface area contributed by atoms with Gasteiger partial charge < -0.3 is 20.3 Å². The molecule has 8 heteroatoms. The molecule has 3 aromatic rings. The second-order valence-electron chi connectivity index (χ2n) is 13.1. The number of amides is 2. The number of carbonyl (C=O) groups excluding carboxylic acids is 2. The molecule has 0 unspecified atom stereocenters. The first-order chi connectivity index (χ1) is 21.5. The maximum atomic E-state index is 14.1. The maximum absolute atomic E-state index is 14.1. The number of hydrogen-bond acceptors (Lipinski definition) is 6. The molecule has 1 aromatic heterocycles. The van der Waals surface area contributed by atoms with Gasteiger partial charge in [-0.3, -0.25) is 14.5 Å². The second kappa shape index (κ2) is 14.5. The predicted octanol–water partition coefficient (Wildman–Crippen LogP) is 5.56. The zero-order valence-corrected chi connectivity index (χ0v) is 27.0. The number of aryl methyl sites for hydroxylation is 1. The van der Waals surface area contributed by atoms with E-state index in [4.69, 9.17) is 4.74 Å². The average molecular weight is 617 g/mol. The van der Waals surface area contributed by atoms with E-state index in [0.29, 0.717) is 23.8 Å². The molecule has 236 valence electrons. The first kappa shape index (κ1) is 31.2. The van der Waals surface area contributed by atoms with E-state index in [9.17, 15) is 9.59 Å². The summed E-state index contributed by atoms with van der Waals surface area (Å²) in [6.45, 7) is 9.28. The number of carbonyl (C=O) groups is 2. The molecular weight excluding hydrogens is 568 g/mol. The van der Waals surface area contributed by atoms with E-state index in [0.717, 1.165) is 88.1 Å². The van der Waals surface area contributed by atoms with Crippen LogP contribution in [0, 0.1) is 6.92 Å². The molecule has 3 aliphatic rings. The number of morpholine rings is 1. The Labute approximate surface area is 266 Å². The number of nitrogens with zero attached hydrogens (tertiary/aromatic N) is 2. The van der Waals surface area contributed by atoms with Crippen molar-refractivity contribution in [1.82, 2.24) is 20.4 Å². The Morgan fingerprint density at radius 3 is 2.50 bits per heavy atom. The first-order valence-corrected chi connectivity index (χ1v) is 17.5. The molecule has 44 heavy (non-hydrogen) atoms. The lowest BCUT2D eigenvalue weighted by Gasteiger charge is -2.40. The normalized spacial score (nSPS) is 20.5. The average Bonchev–Trinajstić information content (AvgIpc) is 3.70. The summed E-state index contributed by atoms with van der Waals surface area (Å²) in [5, 5.41) is 7.74. The molecule has 2 aromatic carbocycles. The molecule has 7 nitrogen and oxygen atoms in total. The Hall–Kier alpha value is -2.78. The standard InChI is InChI=1S/C36H48N4O3S/c1-27-11-12-29-26-33(44-32(29)24-27)34(41)38-36(15-5-6-16-36)35(42)37-30(25-28-8-3-2-4-9-28)10-7-17-39-18-13-31(14-19-39)40-20-22-43-23-21-40/h2-4,8-9,11-12,24,26,30-31H,5-7,10,13-23,25H2,1H3,(H,37,42)(H,38,41)/t30-/m0/s1. The molecule has 0 bridgehead atoms. The lowest BCUT2D eigenvalue weighted by Crippen LogP contribution is -2.59. The van der Waals surface area contributed by atoms with Gasteiger partial charge in [0, 0.05) is 29.9 Å². The molecule has 0 radical (unpaired) electrons. The lowest BCUT2D eigenvalue weighted by atomic mass is 9.93. The molecule has 6 rings (SSSR count). The third-order valence-electron chi connectivity index (χ3n) is 9.95. The van der Waals surface area contributed by atoms with E-state index >= 15 is 0 Å².